The van der Waals surface area contributed by atoms with Crippen molar-refractivity contribution >= 4 is 40.0 Å². The van der Waals surface area contributed by atoms with Gasteiger partial charge in [-0.2, -0.15) is 0 Å². The molecule has 6 heavy (non-hydrogen) atoms. The Kier molecular flexibility index (Phi) is 3.03. The molecule has 0 radical (unpaired) electrons. The van der Waals surface area contributed by atoms with Gasteiger partial charge in [0.15, 0.2) is 0 Å². The normalized spacial score (nSPS) is 19.8. The highest BCUT2D eigenvalue weighted by atomic mass is 35.7. The molecule has 0 fully saturated rings. The van der Waals surface area contributed by atoms with Crippen molar-refractivity contribution < 1.29 is 0 Å². The number of halogens is 2. The molecular formula is C2H5Cl2PS. The zero-order valence-corrected chi connectivity index (χ0v) is 6.54. The largest absolute Gasteiger partial charge is 0.120 e. The van der Waals surface area contributed by atoms with Crippen molar-refractivity contribution in [3.05, 3.63) is 0 Å². The fourth-order valence-electron chi connectivity index (χ4n) is 0. The number of rotatable bonds is 1. The first-order chi connectivity index (χ1) is 2.56. The van der Waals surface area contributed by atoms with Crippen molar-refractivity contribution in [3.63, 3.8) is 0 Å². The fourth-order valence-corrected chi connectivity index (χ4v) is 0. The lowest BCUT2D eigenvalue weighted by atomic mass is 11.9. The van der Waals surface area contributed by atoms with Gasteiger partial charge in [0.05, 0.1) is 5.62 Å². The zero-order chi connectivity index (χ0) is 5.21. The van der Waals surface area contributed by atoms with Crippen LogP contribution in [-0.2, 0) is 11.8 Å². The van der Waals surface area contributed by atoms with E-state index in [0.29, 0.717) is 5.62 Å². The molecule has 0 N–H and O–H groups in total. The van der Waals surface area contributed by atoms with Crippen molar-refractivity contribution in [1.29, 1.82) is 0 Å². The summed E-state index contributed by atoms with van der Waals surface area (Å²) in [5, 5.41) is -1.58. The van der Waals surface area contributed by atoms with E-state index < -0.39 is 5.39 Å². The topological polar surface area (TPSA) is 0 Å². The third kappa shape index (κ3) is 5.23. The van der Waals surface area contributed by atoms with E-state index in [9.17, 15) is 0 Å². The van der Waals surface area contributed by atoms with Crippen LogP contribution in [-0.4, -0.2) is 12.3 Å². The molecule has 1 unspecified atom stereocenters. The maximum Gasteiger partial charge on any atom is 0.0642 e. The van der Waals surface area contributed by atoms with Crippen LogP contribution in [0.25, 0.3) is 0 Å². The molecule has 0 saturated carbocycles. The minimum atomic E-state index is -1.58. The van der Waals surface area contributed by atoms with Crippen LogP contribution in [0.15, 0.2) is 0 Å². The average Bonchev–Trinajstić information content (AvgIpc) is 1.35. The first-order valence-electron chi connectivity index (χ1n) is 1.38. The summed E-state index contributed by atoms with van der Waals surface area (Å²) in [6, 6.07) is 0. The molecule has 0 aromatic carbocycles. The quantitative estimate of drug-likeness (QED) is 0.422. The predicted octanol–water partition coefficient (Wildman–Crippen LogP) is 2.45. The van der Waals surface area contributed by atoms with E-state index in [-0.39, 0.29) is 0 Å². The van der Waals surface area contributed by atoms with Crippen LogP contribution in [0.5, 0.6) is 0 Å². The Bertz CT molecular complexity index is 75.6. The van der Waals surface area contributed by atoms with Crippen LogP contribution >= 0.6 is 28.2 Å². The summed E-state index contributed by atoms with van der Waals surface area (Å²) in [5.74, 6) is 0. The Morgan fingerprint density at radius 2 is 2.00 bits per heavy atom. The molecule has 0 amide bonds. The van der Waals surface area contributed by atoms with Gasteiger partial charge >= 0.3 is 0 Å². The first kappa shape index (κ1) is 7.23. The van der Waals surface area contributed by atoms with E-state index in [1.54, 1.807) is 6.66 Å². The number of hydrogen-bond donors (Lipinski definition) is 0. The van der Waals surface area contributed by atoms with Gasteiger partial charge in [-0.1, -0.05) is 23.0 Å². The summed E-state index contributed by atoms with van der Waals surface area (Å²) < 4.78 is 0. The van der Waals surface area contributed by atoms with Crippen LogP contribution in [0.4, 0.5) is 0 Å². The Balaban J connectivity index is 3.48. The summed E-state index contributed by atoms with van der Waals surface area (Å²) >= 11 is 15.5. The molecule has 0 aliphatic carbocycles. The second-order valence-corrected chi connectivity index (χ2v) is 9.29. The minimum absolute atomic E-state index is 0.434. The van der Waals surface area contributed by atoms with E-state index in [1.165, 1.54) is 0 Å². The Hall–Kier alpha value is 1.23. The van der Waals surface area contributed by atoms with Gasteiger partial charge < -0.3 is 0 Å². The van der Waals surface area contributed by atoms with Crippen LogP contribution in [0.2, 0.25) is 0 Å². The molecule has 0 nitrogen and oxygen atoms in total. The van der Waals surface area contributed by atoms with E-state index in [1.807, 2.05) is 0 Å². The monoisotopic (exact) mass is 162 g/mol. The Morgan fingerprint density at radius 1 is 1.83 bits per heavy atom. The van der Waals surface area contributed by atoms with Crippen molar-refractivity contribution in [2.24, 2.45) is 0 Å². The van der Waals surface area contributed by atoms with Gasteiger partial charge in [-0.15, -0.1) is 11.6 Å². The predicted molar refractivity (Wildman–Crippen MR) is 36.8 cm³/mol. The molecule has 0 bridgehead atoms. The highest BCUT2D eigenvalue weighted by molar-refractivity contribution is 8.27. The SMILES string of the molecule is CP(=S)(Cl)CCl. The highest BCUT2D eigenvalue weighted by Gasteiger charge is 1.98. The van der Waals surface area contributed by atoms with Crippen LogP contribution < -0.4 is 0 Å². The van der Waals surface area contributed by atoms with Crippen LogP contribution in [0, 0.1) is 0 Å². The molecule has 4 heteroatoms. The van der Waals surface area contributed by atoms with Gasteiger partial charge in [0.1, 0.15) is 0 Å². The van der Waals surface area contributed by atoms with E-state index in [0.717, 1.165) is 0 Å². The van der Waals surface area contributed by atoms with Crippen molar-refractivity contribution in [2.45, 2.75) is 0 Å². The molecule has 0 aromatic heterocycles. The Morgan fingerprint density at radius 3 is 2.00 bits per heavy atom. The summed E-state index contributed by atoms with van der Waals surface area (Å²) in [6.45, 7) is 1.80. The smallest absolute Gasteiger partial charge is 0.0642 e. The minimum Gasteiger partial charge on any atom is -0.120 e. The molecule has 0 saturated heterocycles. The summed E-state index contributed by atoms with van der Waals surface area (Å²) in [7, 11) is 0. The maximum atomic E-state index is 5.51. The molecule has 0 spiro atoms. The number of hydrogen-bond acceptors (Lipinski definition) is 1. The van der Waals surface area contributed by atoms with Gasteiger partial charge in [-0.05, 0) is 6.66 Å². The van der Waals surface area contributed by atoms with Crippen molar-refractivity contribution in [1.82, 2.24) is 0 Å². The standard InChI is InChI=1S/C2H5Cl2PS/c1-5(4,6)2-3/h2H2,1H3. The maximum absolute atomic E-state index is 5.51. The lowest BCUT2D eigenvalue weighted by Gasteiger charge is -1.95. The van der Waals surface area contributed by atoms with Crippen molar-refractivity contribution in [3.8, 4) is 0 Å². The molecule has 1 atom stereocenters. The van der Waals surface area contributed by atoms with E-state index in [2.05, 4.69) is 0 Å². The molecule has 0 rings (SSSR count). The van der Waals surface area contributed by atoms with Gasteiger partial charge in [0.2, 0.25) is 0 Å². The van der Waals surface area contributed by atoms with Crippen LogP contribution in [0.3, 0.4) is 0 Å². The van der Waals surface area contributed by atoms with Gasteiger partial charge in [0.25, 0.3) is 0 Å². The second-order valence-electron chi connectivity index (χ2n) is 1.10. The van der Waals surface area contributed by atoms with Gasteiger partial charge in [-0.25, -0.2) is 0 Å². The van der Waals surface area contributed by atoms with Crippen LogP contribution in [0.1, 0.15) is 0 Å². The molecular weight excluding hydrogens is 158 g/mol. The van der Waals surface area contributed by atoms with E-state index in [4.69, 9.17) is 34.6 Å². The third-order valence-electron chi connectivity index (χ3n) is 0.213. The fraction of sp³-hybridized carbons (Fsp3) is 1.00. The lowest BCUT2D eigenvalue weighted by Crippen LogP contribution is -1.61. The second kappa shape index (κ2) is 2.52. The molecule has 0 aliphatic heterocycles. The van der Waals surface area contributed by atoms with Crippen molar-refractivity contribution in [2.75, 3.05) is 12.3 Å². The number of alkyl halides is 1. The van der Waals surface area contributed by atoms with Gasteiger partial charge in [0, 0.05) is 5.39 Å². The summed E-state index contributed by atoms with van der Waals surface area (Å²) in [6.07, 6.45) is 0. The summed E-state index contributed by atoms with van der Waals surface area (Å²) in [4.78, 5) is 0. The Labute approximate surface area is 52.6 Å². The molecule has 0 aliphatic rings. The first-order valence-corrected chi connectivity index (χ1v) is 6.26. The molecule has 38 valence electrons. The van der Waals surface area contributed by atoms with Gasteiger partial charge in [-0.3, -0.25) is 0 Å². The average molecular weight is 163 g/mol. The van der Waals surface area contributed by atoms with E-state index >= 15 is 0 Å². The third-order valence-corrected chi connectivity index (χ3v) is 3.61. The highest BCUT2D eigenvalue weighted by Crippen LogP contribution is 2.47. The zero-order valence-electron chi connectivity index (χ0n) is 3.32. The molecule has 0 aromatic rings. The summed E-state index contributed by atoms with van der Waals surface area (Å²) in [5.41, 5.74) is 0.434. The molecule has 0 heterocycles. The lowest BCUT2D eigenvalue weighted by molar-refractivity contribution is 2.13.